The molecule has 0 bridgehead atoms. The van der Waals surface area contributed by atoms with E-state index in [1.54, 1.807) is 22.9 Å². The molecule has 0 spiro atoms. The van der Waals surface area contributed by atoms with E-state index >= 15 is 0 Å². The molecule has 118 valence electrons. The molecule has 1 aromatic carbocycles. The highest BCUT2D eigenvalue weighted by atomic mass is 16.5. The summed E-state index contributed by atoms with van der Waals surface area (Å²) in [5, 5.41) is 0. The van der Waals surface area contributed by atoms with Crippen molar-refractivity contribution in [1.29, 1.82) is 0 Å². The van der Waals surface area contributed by atoms with Gasteiger partial charge in [-0.15, -0.1) is 0 Å². The highest BCUT2D eigenvalue weighted by Crippen LogP contribution is 2.09. The Bertz CT molecular complexity index is 625. The Kier molecular flexibility index (Phi) is 6.03. The second kappa shape index (κ2) is 8.24. The standard InChI is InChI=1S/C17H22N2O3/c1-14(13-18)19-10-5-9-16(17(19)20)22-12-6-11-21-15-7-3-2-4-8-15/h2-5,7-10,14H,6,11-13,18H2,1H3. The van der Waals surface area contributed by atoms with Gasteiger partial charge in [0.15, 0.2) is 5.75 Å². The SMILES string of the molecule is CC(CN)n1cccc(OCCCOc2ccccc2)c1=O. The van der Waals surface area contributed by atoms with E-state index in [0.717, 1.165) is 5.75 Å². The number of pyridine rings is 1. The van der Waals surface area contributed by atoms with Gasteiger partial charge in [0.25, 0.3) is 5.56 Å². The molecule has 5 nitrogen and oxygen atoms in total. The van der Waals surface area contributed by atoms with Crippen LogP contribution in [0.3, 0.4) is 0 Å². The molecule has 0 aliphatic carbocycles. The third-order valence-electron chi connectivity index (χ3n) is 3.31. The van der Waals surface area contributed by atoms with Crippen molar-refractivity contribution in [1.82, 2.24) is 4.57 Å². The van der Waals surface area contributed by atoms with E-state index in [4.69, 9.17) is 15.2 Å². The molecule has 22 heavy (non-hydrogen) atoms. The number of aromatic nitrogens is 1. The number of ether oxygens (including phenoxy) is 2. The van der Waals surface area contributed by atoms with Crippen molar-refractivity contribution in [2.45, 2.75) is 19.4 Å². The second-order valence-electron chi connectivity index (χ2n) is 5.03. The van der Waals surface area contributed by atoms with E-state index in [1.165, 1.54) is 0 Å². The normalized spacial score (nSPS) is 11.9. The Morgan fingerprint density at radius 3 is 2.55 bits per heavy atom. The third-order valence-corrected chi connectivity index (χ3v) is 3.31. The van der Waals surface area contributed by atoms with Gasteiger partial charge in [-0.25, -0.2) is 0 Å². The van der Waals surface area contributed by atoms with E-state index in [1.807, 2.05) is 37.3 Å². The van der Waals surface area contributed by atoms with Crippen LogP contribution in [0, 0.1) is 0 Å². The van der Waals surface area contributed by atoms with Crippen LogP contribution in [0.4, 0.5) is 0 Å². The maximum atomic E-state index is 12.2. The molecule has 1 atom stereocenters. The molecule has 0 saturated heterocycles. The number of hydrogen-bond acceptors (Lipinski definition) is 4. The number of nitrogens with zero attached hydrogens (tertiary/aromatic N) is 1. The summed E-state index contributed by atoms with van der Waals surface area (Å²) in [5.41, 5.74) is 5.45. The fraction of sp³-hybridized carbons (Fsp3) is 0.353. The predicted octanol–water partition coefficient (Wildman–Crippen LogP) is 2.22. The first-order valence-corrected chi connectivity index (χ1v) is 7.44. The molecular weight excluding hydrogens is 280 g/mol. The molecule has 1 aromatic heterocycles. The molecule has 2 aromatic rings. The second-order valence-corrected chi connectivity index (χ2v) is 5.03. The van der Waals surface area contributed by atoms with Gasteiger partial charge in [0.1, 0.15) is 5.75 Å². The molecule has 0 fully saturated rings. The maximum Gasteiger partial charge on any atom is 0.293 e. The maximum absolute atomic E-state index is 12.2. The summed E-state index contributed by atoms with van der Waals surface area (Å²) in [4.78, 5) is 12.2. The fourth-order valence-electron chi connectivity index (χ4n) is 2.01. The average molecular weight is 302 g/mol. The topological polar surface area (TPSA) is 66.5 Å². The molecule has 1 heterocycles. The molecule has 5 heteroatoms. The fourth-order valence-corrected chi connectivity index (χ4v) is 2.01. The van der Waals surface area contributed by atoms with Crippen LogP contribution in [0.15, 0.2) is 53.5 Å². The van der Waals surface area contributed by atoms with Crippen molar-refractivity contribution in [3.8, 4) is 11.5 Å². The zero-order valence-corrected chi connectivity index (χ0v) is 12.8. The summed E-state index contributed by atoms with van der Waals surface area (Å²) < 4.78 is 12.7. The Balaban J connectivity index is 1.81. The van der Waals surface area contributed by atoms with Gasteiger partial charge in [-0.1, -0.05) is 18.2 Å². The molecule has 2 rings (SSSR count). The van der Waals surface area contributed by atoms with E-state index in [2.05, 4.69) is 0 Å². The lowest BCUT2D eigenvalue weighted by molar-refractivity contribution is 0.244. The number of para-hydroxylation sites is 1. The van der Waals surface area contributed by atoms with Gasteiger partial charge in [0, 0.05) is 25.2 Å². The number of benzene rings is 1. The minimum Gasteiger partial charge on any atom is -0.493 e. The molecule has 0 saturated carbocycles. The first-order chi connectivity index (χ1) is 10.7. The average Bonchev–Trinajstić information content (AvgIpc) is 2.56. The Morgan fingerprint density at radius 1 is 1.09 bits per heavy atom. The monoisotopic (exact) mass is 302 g/mol. The Hall–Kier alpha value is -2.27. The quantitative estimate of drug-likeness (QED) is 0.759. The molecular formula is C17H22N2O3. The lowest BCUT2D eigenvalue weighted by atomic mass is 10.3. The first-order valence-electron chi connectivity index (χ1n) is 7.44. The van der Waals surface area contributed by atoms with Gasteiger partial charge in [-0.05, 0) is 31.2 Å². The van der Waals surface area contributed by atoms with Crippen LogP contribution in [0.25, 0.3) is 0 Å². The van der Waals surface area contributed by atoms with Gasteiger partial charge < -0.3 is 19.8 Å². The lowest BCUT2D eigenvalue weighted by Crippen LogP contribution is -2.28. The number of nitrogens with two attached hydrogens (primary N) is 1. The van der Waals surface area contributed by atoms with Crippen LogP contribution in [0.2, 0.25) is 0 Å². The number of hydrogen-bond donors (Lipinski definition) is 1. The minimum atomic E-state index is -0.149. The zero-order valence-electron chi connectivity index (χ0n) is 12.8. The molecule has 0 radical (unpaired) electrons. The highest BCUT2D eigenvalue weighted by molar-refractivity contribution is 5.21. The first kappa shape index (κ1) is 16.1. The molecule has 1 unspecified atom stereocenters. The molecule has 2 N–H and O–H groups in total. The summed E-state index contributed by atoms with van der Waals surface area (Å²) in [6.45, 7) is 3.29. The Morgan fingerprint density at radius 2 is 1.82 bits per heavy atom. The zero-order chi connectivity index (χ0) is 15.8. The summed E-state index contributed by atoms with van der Waals surface area (Å²) in [6, 6.07) is 13.0. The van der Waals surface area contributed by atoms with Crippen LogP contribution in [-0.4, -0.2) is 24.3 Å². The summed E-state index contributed by atoms with van der Waals surface area (Å²) in [6.07, 6.45) is 2.43. The van der Waals surface area contributed by atoms with Gasteiger partial charge in [0.2, 0.25) is 0 Å². The van der Waals surface area contributed by atoms with Crippen molar-refractivity contribution < 1.29 is 9.47 Å². The number of rotatable bonds is 8. The van der Waals surface area contributed by atoms with Gasteiger partial charge >= 0.3 is 0 Å². The van der Waals surface area contributed by atoms with Crippen LogP contribution < -0.4 is 20.8 Å². The minimum absolute atomic E-state index is 0.0440. The summed E-state index contributed by atoms with van der Waals surface area (Å²) in [5.74, 6) is 1.18. The van der Waals surface area contributed by atoms with Gasteiger partial charge in [0.05, 0.1) is 13.2 Å². The molecule has 0 aliphatic heterocycles. The van der Waals surface area contributed by atoms with Gasteiger partial charge in [-0.3, -0.25) is 4.79 Å². The Labute approximate surface area is 130 Å². The smallest absolute Gasteiger partial charge is 0.293 e. The van der Waals surface area contributed by atoms with Crippen LogP contribution in [0.5, 0.6) is 11.5 Å². The van der Waals surface area contributed by atoms with Crippen LogP contribution in [-0.2, 0) is 0 Å². The van der Waals surface area contributed by atoms with E-state index in [-0.39, 0.29) is 11.6 Å². The molecule has 0 aliphatic rings. The van der Waals surface area contributed by atoms with Crippen molar-refractivity contribution in [2.75, 3.05) is 19.8 Å². The summed E-state index contributed by atoms with van der Waals surface area (Å²) in [7, 11) is 0. The van der Waals surface area contributed by atoms with E-state index < -0.39 is 0 Å². The van der Waals surface area contributed by atoms with Crippen LogP contribution in [0.1, 0.15) is 19.4 Å². The van der Waals surface area contributed by atoms with Crippen molar-refractivity contribution in [2.24, 2.45) is 5.73 Å². The van der Waals surface area contributed by atoms with Crippen molar-refractivity contribution >= 4 is 0 Å². The molecule has 0 amide bonds. The predicted molar refractivity (Wildman–Crippen MR) is 86.5 cm³/mol. The van der Waals surface area contributed by atoms with E-state index in [9.17, 15) is 4.79 Å². The van der Waals surface area contributed by atoms with E-state index in [0.29, 0.717) is 31.9 Å². The van der Waals surface area contributed by atoms with Crippen molar-refractivity contribution in [3.05, 3.63) is 59.0 Å². The largest absolute Gasteiger partial charge is 0.493 e. The summed E-state index contributed by atoms with van der Waals surface area (Å²) >= 11 is 0. The van der Waals surface area contributed by atoms with Gasteiger partial charge in [-0.2, -0.15) is 0 Å². The van der Waals surface area contributed by atoms with Crippen molar-refractivity contribution in [3.63, 3.8) is 0 Å². The third kappa shape index (κ3) is 4.36. The lowest BCUT2D eigenvalue weighted by Gasteiger charge is -2.14. The highest BCUT2D eigenvalue weighted by Gasteiger charge is 2.08. The van der Waals surface area contributed by atoms with Crippen LogP contribution >= 0.6 is 0 Å².